The van der Waals surface area contributed by atoms with E-state index in [4.69, 9.17) is 5.11 Å². The summed E-state index contributed by atoms with van der Waals surface area (Å²) in [6.45, 7) is 0.263. The Morgan fingerprint density at radius 3 is 2.40 bits per heavy atom. The van der Waals surface area contributed by atoms with Gasteiger partial charge in [0.2, 0.25) is 10.0 Å². The Kier molecular flexibility index (Phi) is 4.53. The van der Waals surface area contributed by atoms with E-state index in [9.17, 15) is 13.2 Å². The van der Waals surface area contributed by atoms with E-state index in [1.54, 1.807) is 0 Å². The van der Waals surface area contributed by atoms with Crippen molar-refractivity contribution in [3.8, 4) is 0 Å². The zero-order valence-corrected chi connectivity index (χ0v) is 12.1. The summed E-state index contributed by atoms with van der Waals surface area (Å²) in [5, 5.41) is 12.5. The van der Waals surface area contributed by atoms with Crippen LogP contribution in [-0.4, -0.2) is 19.5 Å². The number of thiophene rings is 1. The molecule has 7 heteroatoms. The van der Waals surface area contributed by atoms with Crippen LogP contribution in [0.5, 0.6) is 0 Å². The minimum atomic E-state index is -3.44. The number of carboxylic acids is 1. The van der Waals surface area contributed by atoms with Gasteiger partial charge in [0, 0.05) is 6.54 Å². The maximum atomic E-state index is 11.9. The van der Waals surface area contributed by atoms with Gasteiger partial charge in [0.15, 0.2) is 0 Å². The molecule has 0 fully saturated rings. The lowest BCUT2D eigenvalue weighted by Crippen LogP contribution is -2.24. The molecule has 106 valence electrons. The van der Waals surface area contributed by atoms with Gasteiger partial charge in [0.25, 0.3) is 0 Å². The number of carbonyl (C=O) groups is 1. The Hall–Kier alpha value is -1.70. The summed E-state index contributed by atoms with van der Waals surface area (Å²) in [7, 11) is -3.44. The third kappa shape index (κ3) is 4.16. The molecule has 0 amide bonds. The maximum Gasteiger partial charge on any atom is 0.335 e. The summed E-state index contributed by atoms with van der Waals surface area (Å²) < 4.78 is 26.3. The average molecular weight is 311 g/mol. The van der Waals surface area contributed by atoms with Crippen LogP contribution in [-0.2, 0) is 22.3 Å². The minimum Gasteiger partial charge on any atom is -0.478 e. The second-order valence-electron chi connectivity index (χ2n) is 4.21. The van der Waals surface area contributed by atoms with Crippen molar-refractivity contribution in [3.05, 3.63) is 57.8 Å². The molecule has 2 N–H and O–H groups in total. The molecule has 0 aliphatic rings. The van der Waals surface area contributed by atoms with Gasteiger partial charge in [-0.1, -0.05) is 12.1 Å². The summed E-state index contributed by atoms with van der Waals surface area (Å²) in [6.07, 6.45) is 0. The molecule has 0 atom stereocenters. The van der Waals surface area contributed by atoms with E-state index in [1.807, 2.05) is 16.8 Å². The van der Waals surface area contributed by atoms with Gasteiger partial charge in [-0.3, -0.25) is 0 Å². The molecule has 2 rings (SSSR count). The van der Waals surface area contributed by atoms with E-state index in [0.717, 1.165) is 5.56 Å². The van der Waals surface area contributed by atoms with Gasteiger partial charge in [0.05, 0.1) is 11.3 Å². The van der Waals surface area contributed by atoms with Crippen LogP contribution in [0.15, 0.2) is 41.1 Å². The molecule has 0 saturated carbocycles. The number of hydrogen-bond acceptors (Lipinski definition) is 4. The minimum absolute atomic E-state index is 0.136. The average Bonchev–Trinajstić information content (AvgIpc) is 2.90. The number of aromatic carboxylic acids is 1. The van der Waals surface area contributed by atoms with Gasteiger partial charge in [0.1, 0.15) is 0 Å². The predicted octanol–water partition coefficient (Wildman–Crippen LogP) is 2.07. The van der Waals surface area contributed by atoms with Gasteiger partial charge >= 0.3 is 5.97 Å². The number of benzene rings is 1. The quantitative estimate of drug-likeness (QED) is 0.855. The highest BCUT2D eigenvalue weighted by atomic mass is 32.2. The molecule has 0 spiro atoms. The number of carboxylic acid groups (broad SMARTS) is 1. The van der Waals surface area contributed by atoms with Crippen LogP contribution < -0.4 is 4.72 Å². The lowest BCUT2D eigenvalue weighted by molar-refractivity contribution is 0.0697. The van der Waals surface area contributed by atoms with Gasteiger partial charge in [-0.05, 0) is 40.1 Å². The van der Waals surface area contributed by atoms with Crippen molar-refractivity contribution in [2.75, 3.05) is 0 Å². The lowest BCUT2D eigenvalue weighted by Gasteiger charge is -2.06. The fraction of sp³-hybridized carbons (Fsp3) is 0.154. The zero-order chi connectivity index (χ0) is 14.6. The van der Waals surface area contributed by atoms with Crippen LogP contribution in [0, 0.1) is 0 Å². The molecule has 1 aromatic heterocycles. The van der Waals surface area contributed by atoms with Gasteiger partial charge in [-0.2, -0.15) is 11.3 Å². The molecule has 2 aromatic rings. The van der Waals surface area contributed by atoms with Crippen molar-refractivity contribution in [3.63, 3.8) is 0 Å². The normalized spacial score (nSPS) is 11.4. The van der Waals surface area contributed by atoms with Crippen molar-refractivity contribution in [2.24, 2.45) is 0 Å². The van der Waals surface area contributed by atoms with Crippen molar-refractivity contribution in [1.82, 2.24) is 4.72 Å². The first-order valence-corrected chi connectivity index (χ1v) is 8.36. The second-order valence-corrected chi connectivity index (χ2v) is 6.80. The Morgan fingerprint density at radius 2 is 1.85 bits per heavy atom. The second kappa shape index (κ2) is 6.17. The molecule has 0 radical (unpaired) electrons. The van der Waals surface area contributed by atoms with Gasteiger partial charge < -0.3 is 5.11 Å². The summed E-state index contributed by atoms with van der Waals surface area (Å²) in [4.78, 5) is 10.7. The smallest absolute Gasteiger partial charge is 0.335 e. The highest BCUT2D eigenvalue weighted by molar-refractivity contribution is 7.88. The van der Waals surface area contributed by atoms with Crippen LogP contribution in [0.3, 0.4) is 0 Å². The Morgan fingerprint density at radius 1 is 1.15 bits per heavy atom. The molecule has 0 saturated heterocycles. The highest BCUT2D eigenvalue weighted by Gasteiger charge is 2.12. The number of nitrogens with one attached hydrogen (secondary N) is 1. The molecular weight excluding hydrogens is 298 g/mol. The highest BCUT2D eigenvalue weighted by Crippen LogP contribution is 2.10. The third-order valence-electron chi connectivity index (χ3n) is 2.63. The summed E-state index contributed by atoms with van der Waals surface area (Å²) in [5.74, 6) is -1.20. The standard InChI is InChI=1S/C13H13NO4S2/c15-13(16)12-3-1-10(2-4-12)9-20(17,18)14-7-11-5-6-19-8-11/h1-6,8,14H,7,9H2,(H,15,16). The summed E-state index contributed by atoms with van der Waals surface area (Å²) in [5.41, 5.74) is 1.60. The van der Waals surface area contributed by atoms with E-state index in [2.05, 4.69) is 4.72 Å². The Bertz CT molecular complexity index is 676. The fourth-order valence-corrected chi connectivity index (χ4v) is 3.39. The SMILES string of the molecule is O=C(O)c1ccc(CS(=O)(=O)NCc2ccsc2)cc1. The molecule has 0 aliphatic heterocycles. The van der Waals surface area contributed by atoms with Gasteiger partial charge in [-0.25, -0.2) is 17.9 Å². The summed E-state index contributed by atoms with van der Waals surface area (Å²) >= 11 is 1.51. The molecule has 0 aliphatic carbocycles. The van der Waals surface area contributed by atoms with E-state index >= 15 is 0 Å². The van der Waals surface area contributed by atoms with Crippen molar-refractivity contribution >= 4 is 27.3 Å². The number of hydrogen-bond donors (Lipinski definition) is 2. The van der Waals surface area contributed by atoms with Crippen molar-refractivity contribution in [2.45, 2.75) is 12.3 Å². The molecule has 0 bridgehead atoms. The first kappa shape index (κ1) is 14.7. The largest absolute Gasteiger partial charge is 0.478 e. The molecule has 1 aromatic carbocycles. The first-order valence-electron chi connectivity index (χ1n) is 5.77. The van der Waals surface area contributed by atoms with Crippen LogP contribution in [0.4, 0.5) is 0 Å². The topological polar surface area (TPSA) is 83.5 Å². The first-order chi connectivity index (χ1) is 9.46. The molecule has 1 heterocycles. The lowest BCUT2D eigenvalue weighted by atomic mass is 10.1. The number of sulfonamides is 1. The third-order valence-corrected chi connectivity index (χ3v) is 4.66. The molecular formula is C13H13NO4S2. The van der Waals surface area contributed by atoms with Crippen molar-refractivity contribution in [1.29, 1.82) is 0 Å². The fourth-order valence-electron chi connectivity index (χ4n) is 1.60. The van der Waals surface area contributed by atoms with E-state index < -0.39 is 16.0 Å². The molecule has 0 unspecified atom stereocenters. The number of rotatable bonds is 6. The molecule has 20 heavy (non-hydrogen) atoms. The van der Waals surface area contributed by atoms with Gasteiger partial charge in [-0.15, -0.1) is 0 Å². The van der Waals surface area contributed by atoms with Crippen molar-refractivity contribution < 1.29 is 18.3 Å². The zero-order valence-electron chi connectivity index (χ0n) is 10.4. The van der Waals surface area contributed by atoms with Crippen LogP contribution >= 0.6 is 11.3 Å². The van der Waals surface area contributed by atoms with E-state index in [1.165, 1.54) is 35.6 Å². The van der Waals surface area contributed by atoms with E-state index in [0.29, 0.717) is 5.56 Å². The Balaban J connectivity index is 1.98. The van der Waals surface area contributed by atoms with E-state index in [-0.39, 0.29) is 17.9 Å². The predicted molar refractivity (Wildman–Crippen MR) is 77.2 cm³/mol. The molecule has 5 nitrogen and oxygen atoms in total. The maximum absolute atomic E-state index is 11.9. The van der Waals surface area contributed by atoms with Crippen LogP contribution in [0.25, 0.3) is 0 Å². The Labute approximate surface area is 120 Å². The van der Waals surface area contributed by atoms with Crippen LogP contribution in [0.2, 0.25) is 0 Å². The summed E-state index contributed by atoms with van der Waals surface area (Å²) in [6, 6.07) is 7.66. The van der Waals surface area contributed by atoms with Crippen LogP contribution in [0.1, 0.15) is 21.5 Å². The monoisotopic (exact) mass is 311 g/mol.